The van der Waals surface area contributed by atoms with Crippen LogP contribution in [-0.2, 0) is 28.6 Å². The molecule has 0 bridgehead atoms. The minimum absolute atomic E-state index is 0.0682. The first-order valence-electron chi connectivity index (χ1n) is 20.5. The van der Waals surface area contributed by atoms with Crippen molar-refractivity contribution in [3.8, 4) is 0 Å². The van der Waals surface area contributed by atoms with Crippen molar-refractivity contribution >= 4 is 17.9 Å². The third kappa shape index (κ3) is 8.32. The monoisotopic (exact) mass is 769 g/mol. The average Bonchev–Trinajstić information content (AvgIpc) is 3.04. The quantitative estimate of drug-likeness (QED) is 0.0822. The summed E-state index contributed by atoms with van der Waals surface area (Å²) in [5.74, 6) is -1.57. The molecule has 12 atom stereocenters. The van der Waals surface area contributed by atoms with Crippen LogP contribution in [0.2, 0.25) is 0 Å². The van der Waals surface area contributed by atoms with Gasteiger partial charge in [0.05, 0.1) is 24.2 Å². The summed E-state index contributed by atoms with van der Waals surface area (Å²) in [7, 11) is 0. The van der Waals surface area contributed by atoms with Gasteiger partial charge in [-0.1, -0.05) is 64.3 Å². The summed E-state index contributed by atoms with van der Waals surface area (Å²) in [6, 6.07) is 0. The minimum atomic E-state index is -1.30. The highest BCUT2D eigenvalue weighted by atomic mass is 16.6. The molecule has 0 aliphatic heterocycles. The lowest BCUT2D eigenvalue weighted by Gasteiger charge is -2.70. The highest BCUT2D eigenvalue weighted by Gasteiger charge is 2.71. The second-order valence-electron chi connectivity index (χ2n) is 20.3. The van der Waals surface area contributed by atoms with Crippen molar-refractivity contribution in [2.24, 2.45) is 50.2 Å². The van der Waals surface area contributed by atoms with E-state index in [1.807, 2.05) is 47.6 Å². The highest BCUT2D eigenvalue weighted by Crippen LogP contribution is 2.73. The van der Waals surface area contributed by atoms with Crippen molar-refractivity contribution in [3.05, 3.63) is 47.6 Å². The molecule has 0 amide bonds. The summed E-state index contributed by atoms with van der Waals surface area (Å²) in [6.45, 7) is 28.2. The summed E-state index contributed by atoms with van der Waals surface area (Å²) in [6.07, 6.45) is 7.69. The lowest BCUT2D eigenvalue weighted by molar-refractivity contribution is -0.279. The number of fused-ring (bicyclic) bond motifs is 2. The van der Waals surface area contributed by atoms with Crippen LogP contribution in [0, 0.1) is 50.2 Å². The van der Waals surface area contributed by atoms with Gasteiger partial charge in [0.25, 0.3) is 0 Å². The Bertz CT molecular complexity index is 1560. The maximum Gasteiger partial charge on any atom is 0.331 e. The smallest absolute Gasteiger partial charge is 0.331 e. The zero-order valence-corrected chi connectivity index (χ0v) is 35.9. The van der Waals surface area contributed by atoms with Crippen LogP contribution in [-0.4, -0.2) is 70.9 Å². The summed E-state index contributed by atoms with van der Waals surface area (Å²) in [5, 5.41) is 36.7. The van der Waals surface area contributed by atoms with Crippen LogP contribution in [0.5, 0.6) is 0 Å². The molecule has 0 aromatic rings. The molecule has 3 unspecified atom stereocenters. The van der Waals surface area contributed by atoms with Crippen molar-refractivity contribution in [1.29, 1.82) is 0 Å². The Labute approximate surface area is 331 Å². The first kappa shape index (κ1) is 45.0. The van der Waals surface area contributed by atoms with E-state index >= 15 is 0 Å². The molecule has 4 saturated carbocycles. The molecule has 0 aromatic heterocycles. The topological polar surface area (TPSA) is 140 Å². The number of allylic oxidation sites excluding steroid dienone is 4. The number of aliphatic hydroxyl groups excluding tert-OH is 3. The van der Waals surface area contributed by atoms with E-state index in [9.17, 15) is 29.7 Å². The molecular formula is C46H72O9. The van der Waals surface area contributed by atoms with Gasteiger partial charge in [0.2, 0.25) is 0 Å². The molecule has 55 heavy (non-hydrogen) atoms. The Morgan fingerprint density at radius 1 is 0.709 bits per heavy atom. The number of esters is 3. The summed E-state index contributed by atoms with van der Waals surface area (Å²) in [5.41, 5.74) is -1.14. The van der Waals surface area contributed by atoms with Gasteiger partial charge in [-0.2, -0.15) is 0 Å². The van der Waals surface area contributed by atoms with Gasteiger partial charge in [-0.25, -0.2) is 14.4 Å². The van der Waals surface area contributed by atoms with Crippen LogP contribution < -0.4 is 0 Å². The van der Waals surface area contributed by atoms with E-state index < -0.39 is 64.0 Å². The van der Waals surface area contributed by atoms with E-state index in [0.717, 1.165) is 42.4 Å². The molecule has 0 heterocycles. The van der Waals surface area contributed by atoms with Crippen molar-refractivity contribution in [1.82, 2.24) is 0 Å². The van der Waals surface area contributed by atoms with Gasteiger partial charge < -0.3 is 29.5 Å². The van der Waals surface area contributed by atoms with Crippen molar-refractivity contribution < 1.29 is 43.9 Å². The van der Waals surface area contributed by atoms with E-state index in [-0.39, 0.29) is 41.8 Å². The lowest BCUT2D eigenvalue weighted by Crippen LogP contribution is -2.70. The standard InChI is InChI=1S/C46H72O9/c1-14-15-33-43(11)18-17-34(47)44(12,26-53-36(49)20-28(2)3)32(43)16-19-45(33,13)42(10)24-31-23-41(8,9)40(55-38(51)22-30(6)7)39(52)46(31,35(48)25-42)27-54-37(50)21-29(4)5/h14,20-22,31-35,39-40,47-48,52H,1,15-19,23-27H2,2-13H3/t31?,32?,33?,34-,35+,39-,40-,42-,43-,44+,45+,46-/m0/s1. The normalized spacial score (nSPS) is 40.6. The Morgan fingerprint density at radius 2 is 1.25 bits per heavy atom. The van der Waals surface area contributed by atoms with Gasteiger partial charge >= 0.3 is 17.9 Å². The predicted octanol–water partition coefficient (Wildman–Crippen LogP) is 8.21. The first-order valence-corrected chi connectivity index (χ1v) is 20.5. The van der Waals surface area contributed by atoms with E-state index in [0.29, 0.717) is 25.7 Å². The fraction of sp³-hybridized carbons (Fsp3) is 0.761. The van der Waals surface area contributed by atoms with E-state index in [2.05, 4.69) is 34.3 Å². The number of aliphatic hydroxyl groups is 3. The minimum Gasteiger partial charge on any atom is -0.462 e. The molecule has 9 heteroatoms. The van der Waals surface area contributed by atoms with Crippen LogP contribution in [0.15, 0.2) is 47.6 Å². The Kier molecular flexibility index (Phi) is 13.3. The van der Waals surface area contributed by atoms with E-state index in [4.69, 9.17) is 14.2 Å². The van der Waals surface area contributed by atoms with Gasteiger partial charge in [-0.15, -0.1) is 6.58 Å². The summed E-state index contributed by atoms with van der Waals surface area (Å²) >= 11 is 0. The number of rotatable bonds is 11. The first-order chi connectivity index (χ1) is 25.3. The maximum absolute atomic E-state index is 13.0. The lowest BCUT2D eigenvalue weighted by atomic mass is 9.35. The van der Waals surface area contributed by atoms with Crippen molar-refractivity contribution in [2.75, 3.05) is 13.2 Å². The third-order valence-corrected chi connectivity index (χ3v) is 15.2. The Hall–Kier alpha value is -2.75. The van der Waals surface area contributed by atoms with Gasteiger partial charge in [-0.3, -0.25) is 0 Å². The Morgan fingerprint density at radius 3 is 1.80 bits per heavy atom. The summed E-state index contributed by atoms with van der Waals surface area (Å²) < 4.78 is 17.8. The zero-order valence-electron chi connectivity index (χ0n) is 35.9. The third-order valence-electron chi connectivity index (χ3n) is 15.2. The molecule has 0 saturated heterocycles. The van der Waals surface area contributed by atoms with Gasteiger partial charge in [0.15, 0.2) is 0 Å². The Balaban J connectivity index is 1.77. The SMILES string of the molecule is C=CCC1[C@@]2(C)CC[C@H](O)[C@](C)(COC(=O)C=C(C)C)C2CC[C@@]1(C)[C@@]1(C)CC2CC(C)(C)[C@@H](OC(=O)C=C(C)C)[C@H](O)[C@]2(COC(=O)C=C(C)C)[C@H](O)C1. The molecule has 0 aromatic carbocycles. The molecule has 4 aliphatic rings. The van der Waals surface area contributed by atoms with E-state index in [1.54, 1.807) is 13.8 Å². The second-order valence-corrected chi connectivity index (χ2v) is 20.3. The molecule has 310 valence electrons. The molecule has 4 rings (SSSR count). The zero-order chi connectivity index (χ0) is 41.5. The fourth-order valence-electron chi connectivity index (χ4n) is 12.2. The van der Waals surface area contributed by atoms with Crippen LogP contribution in [0.25, 0.3) is 0 Å². The van der Waals surface area contributed by atoms with Gasteiger partial charge in [0, 0.05) is 29.1 Å². The number of carbonyl (C=O) groups excluding carboxylic acids is 3. The molecule has 9 nitrogen and oxygen atoms in total. The molecular weight excluding hydrogens is 696 g/mol. The molecule has 4 aliphatic carbocycles. The van der Waals surface area contributed by atoms with Crippen LogP contribution >= 0.6 is 0 Å². The van der Waals surface area contributed by atoms with Crippen molar-refractivity contribution in [3.63, 3.8) is 0 Å². The molecule has 4 fully saturated rings. The molecule has 3 N–H and O–H groups in total. The summed E-state index contributed by atoms with van der Waals surface area (Å²) in [4.78, 5) is 38.7. The second kappa shape index (κ2) is 16.2. The predicted molar refractivity (Wildman–Crippen MR) is 214 cm³/mol. The van der Waals surface area contributed by atoms with Gasteiger partial charge in [-0.05, 0) is 127 Å². The molecule has 0 radical (unpaired) electrons. The van der Waals surface area contributed by atoms with Crippen LogP contribution in [0.1, 0.15) is 134 Å². The number of ether oxygens (including phenoxy) is 3. The number of carbonyl (C=O) groups is 3. The fourth-order valence-corrected chi connectivity index (χ4v) is 12.2. The van der Waals surface area contributed by atoms with Crippen LogP contribution in [0.4, 0.5) is 0 Å². The largest absolute Gasteiger partial charge is 0.462 e. The number of hydrogen-bond donors (Lipinski definition) is 3. The average molecular weight is 769 g/mol. The van der Waals surface area contributed by atoms with Gasteiger partial charge in [0.1, 0.15) is 18.8 Å². The highest BCUT2D eigenvalue weighted by molar-refractivity contribution is 5.83. The number of hydrogen-bond acceptors (Lipinski definition) is 9. The molecule has 0 spiro atoms. The maximum atomic E-state index is 13.0. The van der Waals surface area contributed by atoms with E-state index in [1.165, 1.54) is 18.2 Å². The van der Waals surface area contributed by atoms with Crippen LogP contribution in [0.3, 0.4) is 0 Å². The van der Waals surface area contributed by atoms with Crippen molar-refractivity contribution in [2.45, 2.75) is 159 Å².